The van der Waals surface area contributed by atoms with Gasteiger partial charge in [-0.25, -0.2) is 4.98 Å². The molecular weight excluding hydrogens is 470 g/mol. The van der Waals surface area contributed by atoms with Crippen molar-refractivity contribution in [1.29, 1.82) is 0 Å². The van der Waals surface area contributed by atoms with Crippen LogP contribution in [-0.2, 0) is 16.0 Å². The van der Waals surface area contributed by atoms with Crippen LogP contribution in [0.5, 0.6) is 0 Å². The summed E-state index contributed by atoms with van der Waals surface area (Å²) in [6.45, 7) is 4.03. The number of aliphatic hydroxyl groups excluding tert-OH is 1. The first-order valence-electron chi connectivity index (χ1n) is 10.1. The van der Waals surface area contributed by atoms with E-state index in [1.807, 2.05) is 19.1 Å². The number of aliphatic hydroxyl groups is 1. The Bertz CT molecular complexity index is 829. The highest BCUT2D eigenvalue weighted by atomic mass is 79.9. The molecule has 2 aromatic rings. The smallest absolute Gasteiger partial charge is 0.273 e. The number of rotatable bonds is 14. The van der Waals surface area contributed by atoms with Crippen molar-refractivity contribution < 1.29 is 28.6 Å². The quantitative estimate of drug-likeness (QED) is 0.304. The first kappa shape index (κ1) is 25.0. The summed E-state index contributed by atoms with van der Waals surface area (Å²) in [5.74, 6) is -0.276. The number of amides is 2. The predicted molar refractivity (Wildman–Crippen MR) is 116 cm³/mol. The Morgan fingerprint density at radius 1 is 1.23 bits per heavy atom. The summed E-state index contributed by atoms with van der Waals surface area (Å²) in [6.07, 6.45) is 2.50. The van der Waals surface area contributed by atoms with Gasteiger partial charge >= 0.3 is 0 Å². The van der Waals surface area contributed by atoms with Gasteiger partial charge in [-0.1, -0.05) is 12.1 Å². The Labute approximate surface area is 189 Å². The normalized spacial score (nSPS) is 10.8. The number of hydrogen-bond donors (Lipinski definition) is 2. The van der Waals surface area contributed by atoms with Crippen LogP contribution in [0.1, 0.15) is 46.5 Å². The second-order valence-electron chi connectivity index (χ2n) is 6.53. The van der Waals surface area contributed by atoms with Crippen molar-refractivity contribution in [1.82, 2.24) is 15.2 Å². The van der Waals surface area contributed by atoms with Crippen LogP contribution < -0.4 is 5.32 Å². The van der Waals surface area contributed by atoms with Gasteiger partial charge in [-0.15, -0.1) is 0 Å². The van der Waals surface area contributed by atoms with Gasteiger partial charge in [0.25, 0.3) is 11.8 Å². The van der Waals surface area contributed by atoms with Gasteiger partial charge in [0.2, 0.25) is 5.89 Å². The summed E-state index contributed by atoms with van der Waals surface area (Å²) < 4.78 is 16.3. The van der Waals surface area contributed by atoms with Gasteiger partial charge in [0.15, 0.2) is 5.69 Å². The lowest BCUT2D eigenvalue weighted by Gasteiger charge is -2.22. The van der Waals surface area contributed by atoms with Crippen LogP contribution >= 0.6 is 15.9 Å². The number of oxazole rings is 1. The molecule has 0 spiro atoms. The Hall–Kier alpha value is -2.27. The van der Waals surface area contributed by atoms with E-state index in [4.69, 9.17) is 19.0 Å². The number of halogens is 1. The highest BCUT2D eigenvalue weighted by Gasteiger charge is 2.21. The third kappa shape index (κ3) is 8.41. The lowest BCUT2D eigenvalue weighted by atomic mass is 10.2. The van der Waals surface area contributed by atoms with Crippen molar-refractivity contribution >= 4 is 27.7 Å². The third-order valence-electron chi connectivity index (χ3n) is 4.27. The zero-order valence-corrected chi connectivity index (χ0v) is 19.1. The van der Waals surface area contributed by atoms with E-state index >= 15 is 0 Å². The van der Waals surface area contributed by atoms with Gasteiger partial charge in [-0.2, -0.15) is 0 Å². The molecule has 0 unspecified atom stereocenters. The molecule has 1 aromatic carbocycles. The molecule has 2 N–H and O–H groups in total. The molecule has 1 heterocycles. The molecule has 0 saturated heterocycles. The van der Waals surface area contributed by atoms with Gasteiger partial charge in [-0.05, 0) is 47.8 Å². The van der Waals surface area contributed by atoms with Crippen LogP contribution in [-0.4, -0.2) is 66.5 Å². The highest BCUT2D eigenvalue weighted by Crippen LogP contribution is 2.19. The maximum Gasteiger partial charge on any atom is 0.273 e. The second kappa shape index (κ2) is 13.9. The summed E-state index contributed by atoms with van der Waals surface area (Å²) in [4.78, 5) is 31.1. The standard InChI is InChI=1S/C21H28BrN3O6/c1-2-29-12-6-10-25(21(28)16-7-3-4-8-17(16)22)13-19-24-18(14-31-19)20(27)23-9-5-11-30-15-26/h3-4,7-8,14,26H,2,5-6,9-13,15H2,1H3,(H,23,27). The fourth-order valence-electron chi connectivity index (χ4n) is 2.74. The maximum atomic E-state index is 13.1. The Kier molecular flexibility index (Phi) is 11.2. The highest BCUT2D eigenvalue weighted by molar-refractivity contribution is 9.10. The molecule has 0 aliphatic heterocycles. The number of ether oxygens (including phenoxy) is 2. The molecule has 0 atom stereocenters. The number of aromatic nitrogens is 1. The first-order chi connectivity index (χ1) is 15.1. The molecule has 2 amide bonds. The van der Waals surface area contributed by atoms with Crippen molar-refractivity contribution in [2.24, 2.45) is 0 Å². The zero-order valence-electron chi connectivity index (χ0n) is 17.5. The van der Waals surface area contributed by atoms with Crippen LogP contribution in [0.15, 0.2) is 39.4 Å². The minimum Gasteiger partial charge on any atom is -0.446 e. The molecule has 0 bridgehead atoms. The lowest BCUT2D eigenvalue weighted by molar-refractivity contribution is -0.00193. The van der Waals surface area contributed by atoms with E-state index < -0.39 is 0 Å². The molecule has 1 aromatic heterocycles. The van der Waals surface area contributed by atoms with Gasteiger partial charge in [0.05, 0.1) is 18.7 Å². The molecule has 0 fully saturated rings. The van der Waals surface area contributed by atoms with Crippen molar-refractivity contribution in [3.05, 3.63) is 52.1 Å². The Balaban J connectivity index is 2.01. The molecule has 2 rings (SSSR count). The van der Waals surface area contributed by atoms with Crippen LogP contribution in [0.4, 0.5) is 0 Å². The van der Waals surface area contributed by atoms with Crippen LogP contribution in [0.2, 0.25) is 0 Å². The molecule has 0 radical (unpaired) electrons. The summed E-state index contributed by atoms with van der Waals surface area (Å²) in [5, 5.41) is 11.3. The average molecular weight is 498 g/mol. The molecule has 0 aliphatic carbocycles. The number of carbonyl (C=O) groups excluding carboxylic acids is 2. The zero-order chi connectivity index (χ0) is 22.5. The number of benzene rings is 1. The molecule has 31 heavy (non-hydrogen) atoms. The van der Waals surface area contributed by atoms with E-state index in [0.29, 0.717) is 55.8 Å². The number of carbonyl (C=O) groups is 2. The molecule has 0 aliphatic rings. The largest absolute Gasteiger partial charge is 0.446 e. The van der Waals surface area contributed by atoms with Crippen LogP contribution in [0.3, 0.4) is 0 Å². The summed E-state index contributed by atoms with van der Waals surface area (Å²) in [6, 6.07) is 7.20. The van der Waals surface area contributed by atoms with E-state index in [1.54, 1.807) is 17.0 Å². The van der Waals surface area contributed by atoms with Gasteiger partial charge in [0.1, 0.15) is 13.1 Å². The molecule has 0 saturated carbocycles. The van der Waals surface area contributed by atoms with Crippen molar-refractivity contribution in [3.63, 3.8) is 0 Å². The van der Waals surface area contributed by atoms with Crippen molar-refractivity contribution in [3.8, 4) is 0 Å². The average Bonchev–Trinajstić information content (AvgIpc) is 3.24. The minimum absolute atomic E-state index is 0.129. The van der Waals surface area contributed by atoms with Crippen LogP contribution in [0.25, 0.3) is 0 Å². The summed E-state index contributed by atoms with van der Waals surface area (Å²) in [7, 11) is 0. The van der Waals surface area contributed by atoms with Gasteiger partial charge in [0, 0.05) is 30.8 Å². The topological polar surface area (TPSA) is 114 Å². The van der Waals surface area contributed by atoms with Gasteiger partial charge in [-0.3, -0.25) is 9.59 Å². The van der Waals surface area contributed by atoms with E-state index in [0.717, 1.165) is 0 Å². The fourth-order valence-corrected chi connectivity index (χ4v) is 3.20. The molecule has 9 nitrogen and oxygen atoms in total. The second-order valence-corrected chi connectivity index (χ2v) is 7.38. The SMILES string of the molecule is CCOCCCN(Cc1nc(C(=O)NCCCOCO)co1)C(=O)c1ccccc1Br. The minimum atomic E-state index is -0.376. The van der Waals surface area contributed by atoms with Crippen molar-refractivity contribution in [2.45, 2.75) is 26.3 Å². The monoisotopic (exact) mass is 497 g/mol. The summed E-state index contributed by atoms with van der Waals surface area (Å²) >= 11 is 3.42. The number of hydrogen-bond acceptors (Lipinski definition) is 7. The fraction of sp³-hybridized carbons (Fsp3) is 0.476. The van der Waals surface area contributed by atoms with E-state index in [1.165, 1.54) is 6.26 Å². The first-order valence-corrected chi connectivity index (χ1v) is 10.9. The van der Waals surface area contributed by atoms with Crippen LogP contribution in [0, 0.1) is 0 Å². The molecule has 10 heteroatoms. The third-order valence-corrected chi connectivity index (χ3v) is 4.96. The van der Waals surface area contributed by atoms with Gasteiger partial charge < -0.3 is 29.2 Å². The number of nitrogens with zero attached hydrogens (tertiary/aromatic N) is 2. The Morgan fingerprint density at radius 3 is 2.74 bits per heavy atom. The van der Waals surface area contributed by atoms with E-state index in [-0.39, 0.29) is 36.7 Å². The van der Waals surface area contributed by atoms with E-state index in [2.05, 4.69) is 26.2 Å². The molecular formula is C21H28BrN3O6. The maximum absolute atomic E-state index is 13.1. The van der Waals surface area contributed by atoms with Crippen molar-refractivity contribution in [2.75, 3.05) is 39.7 Å². The lowest BCUT2D eigenvalue weighted by Crippen LogP contribution is -2.32. The Morgan fingerprint density at radius 2 is 2.00 bits per heavy atom. The predicted octanol–water partition coefficient (Wildman–Crippen LogP) is 2.59. The summed E-state index contributed by atoms with van der Waals surface area (Å²) in [5.41, 5.74) is 0.675. The molecule has 170 valence electrons. The number of nitrogens with one attached hydrogen (secondary N) is 1. The van der Waals surface area contributed by atoms with E-state index in [9.17, 15) is 9.59 Å².